The molecule has 0 bridgehead atoms. The highest BCUT2D eigenvalue weighted by Crippen LogP contribution is 2.25. The van der Waals surface area contributed by atoms with Gasteiger partial charge in [-0.15, -0.1) is 0 Å². The van der Waals surface area contributed by atoms with Crippen molar-refractivity contribution in [2.75, 3.05) is 26.8 Å². The summed E-state index contributed by atoms with van der Waals surface area (Å²) >= 11 is 3.20. The molecule has 0 radical (unpaired) electrons. The van der Waals surface area contributed by atoms with Crippen molar-refractivity contribution in [2.24, 2.45) is 5.92 Å². The zero-order valence-corrected chi connectivity index (χ0v) is 13.1. The average Bonchev–Trinajstić information content (AvgIpc) is 2.36. The molecule has 0 heterocycles. The van der Waals surface area contributed by atoms with Crippen LogP contribution in [0.3, 0.4) is 0 Å². The first kappa shape index (κ1) is 16.0. The summed E-state index contributed by atoms with van der Waals surface area (Å²) < 4.78 is 5.61. The maximum atomic E-state index is 12.4. The SMILES string of the molecule is COCCN(CC(C)C)C(=O)c1ccc(Br)c(O)c1. The van der Waals surface area contributed by atoms with Crippen LogP contribution in [0.5, 0.6) is 5.75 Å². The Morgan fingerprint density at radius 2 is 2.16 bits per heavy atom. The monoisotopic (exact) mass is 329 g/mol. The number of hydrogen-bond acceptors (Lipinski definition) is 3. The molecule has 0 aliphatic carbocycles. The molecule has 4 nitrogen and oxygen atoms in total. The van der Waals surface area contributed by atoms with E-state index in [4.69, 9.17) is 4.74 Å². The van der Waals surface area contributed by atoms with Crippen LogP contribution in [0.25, 0.3) is 0 Å². The van der Waals surface area contributed by atoms with Crippen LogP contribution >= 0.6 is 15.9 Å². The molecular formula is C14H20BrNO3. The van der Waals surface area contributed by atoms with Gasteiger partial charge in [-0.05, 0) is 40.0 Å². The third-order valence-electron chi connectivity index (χ3n) is 2.63. The molecule has 0 aliphatic heterocycles. The molecule has 0 spiro atoms. The molecule has 1 aromatic carbocycles. The van der Waals surface area contributed by atoms with Crippen LogP contribution in [-0.2, 0) is 4.74 Å². The second-order valence-electron chi connectivity index (χ2n) is 4.80. The molecule has 1 amide bonds. The maximum Gasteiger partial charge on any atom is 0.254 e. The van der Waals surface area contributed by atoms with Gasteiger partial charge in [0, 0.05) is 25.8 Å². The molecule has 1 aromatic rings. The maximum absolute atomic E-state index is 12.4. The van der Waals surface area contributed by atoms with Crippen molar-refractivity contribution in [2.45, 2.75) is 13.8 Å². The number of ether oxygens (including phenoxy) is 1. The number of hydrogen-bond donors (Lipinski definition) is 1. The largest absolute Gasteiger partial charge is 0.507 e. The van der Waals surface area contributed by atoms with Gasteiger partial charge in [-0.2, -0.15) is 0 Å². The summed E-state index contributed by atoms with van der Waals surface area (Å²) in [5.41, 5.74) is 0.484. The van der Waals surface area contributed by atoms with Crippen molar-refractivity contribution >= 4 is 21.8 Å². The van der Waals surface area contributed by atoms with Crippen molar-refractivity contribution in [3.8, 4) is 5.75 Å². The Labute approximate surface area is 122 Å². The minimum Gasteiger partial charge on any atom is -0.507 e. The number of halogens is 1. The van der Waals surface area contributed by atoms with Gasteiger partial charge in [-0.3, -0.25) is 4.79 Å². The average molecular weight is 330 g/mol. The molecular weight excluding hydrogens is 310 g/mol. The normalized spacial score (nSPS) is 10.8. The van der Waals surface area contributed by atoms with Gasteiger partial charge in [-0.1, -0.05) is 13.8 Å². The minimum atomic E-state index is -0.0893. The number of benzene rings is 1. The van der Waals surface area contributed by atoms with Gasteiger partial charge in [0.05, 0.1) is 11.1 Å². The quantitative estimate of drug-likeness (QED) is 0.873. The van der Waals surface area contributed by atoms with Gasteiger partial charge < -0.3 is 14.7 Å². The van der Waals surface area contributed by atoms with Crippen LogP contribution in [0.2, 0.25) is 0 Å². The summed E-state index contributed by atoms with van der Waals surface area (Å²) in [6.07, 6.45) is 0. The van der Waals surface area contributed by atoms with E-state index in [-0.39, 0.29) is 11.7 Å². The number of rotatable bonds is 6. The summed E-state index contributed by atoms with van der Waals surface area (Å²) in [6.45, 7) is 5.84. The molecule has 1 rings (SSSR count). The number of phenols is 1. The van der Waals surface area contributed by atoms with E-state index in [0.29, 0.717) is 35.7 Å². The van der Waals surface area contributed by atoms with E-state index in [0.717, 1.165) is 0 Å². The highest BCUT2D eigenvalue weighted by molar-refractivity contribution is 9.10. The van der Waals surface area contributed by atoms with Crippen molar-refractivity contribution in [3.63, 3.8) is 0 Å². The number of amides is 1. The lowest BCUT2D eigenvalue weighted by molar-refractivity contribution is 0.0672. The Morgan fingerprint density at radius 3 is 2.68 bits per heavy atom. The topological polar surface area (TPSA) is 49.8 Å². The van der Waals surface area contributed by atoms with E-state index in [2.05, 4.69) is 29.8 Å². The smallest absolute Gasteiger partial charge is 0.254 e. The lowest BCUT2D eigenvalue weighted by atomic mass is 10.1. The molecule has 0 fully saturated rings. The predicted octanol–water partition coefficient (Wildman–Crippen LogP) is 2.90. The summed E-state index contributed by atoms with van der Waals surface area (Å²) in [5, 5.41) is 9.65. The summed E-state index contributed by atoms with van der Waals surface area (Å²) in [4.78, 5) is 14.1. The Morgan fingerprint density at radius 1 is 1.47 bits per heavy atom. The molecule has 0 saturated carbocycles. The fourth-order valence-electron chi connectivity index (χ4n) is 1.75. The van der Waals surface area contributed by atoms with Gasteiger partial charge in [0.25, 0.3) is 5.91 Å². The molecule has 106 valence electrons. The second kappa shape index (κ2) is 7.50. The number of carbonyl (C=O) groups is 1. The van der Waals surface area contributed by atoms with Gasteiger partial charge in [0.1, 0.15) is 5.75 Å². The first-order valence-corrected chi connectivity index (χ1v) is 7.01. The number of methoxy groups -OCH3 is 1. The molecule has 19 heavy (non-hydrogen) atoms. The van der Waals surface area contributed by atoms with E-state index in [1.54, 1.807) is 24.1 Å². The highest BCUT2D eigenvalue weighted by Gasteiger charge is 2.17. The fourth-order valence-corrected chi connectivity index (χ4v) is 1.99. The predicted molar refractivity (Wildman–Crippen MR) is 78.4 cm³/mol. The van der Waals surface area contributed by atoms with E-state index in [1.807, 2.05) is 0 Å². The van der Waals surface area contributed by atoms with E-state index in [1.165, 1.54) is 6.07 Å². The zero-order chi connectivity index (χ0) is 14.4. The van der Waals surface area contributed by atoms with Crippen LogP contribution in [0.15, 0.2) is 22.7 Å². The van der Waals surface area contributed by atoms with Crippen molar-refractivity contribution in [1.29, 1.82) is 0 Å². The molecule has 0 saturated heterocycles. The standard InChI is InChI=1S/C14H20BrNO3/c1-10(2)9-16(6-7-19-3)14(18)11-4-5-12(15)13(17)8-11/h4-5,8,10,17H,6-7,9H2,1-3H3. The Hall–Kier alpha value is -1.07. The van der Waals surface area contributed by atoms with Gasteiger partial charge in [0.15, 0.2) is 0 Å². The zero-order valence-electron chi connectivity index (χ0n) is 11.5. The van der Waals surface area contributed by atoms with Gasteiger partial charge >= 0.3 is 0 Å². The van der Waals surface area contributed by atoms with Crippen LogP contribution in [-0.4, -0.2) is 42.7 Å². The molecule has 0 aliphatic rings. The molecule has 0 aromatic heterocycles. The molecule has 0 unspecified atom stereocenters. The molecule has 0 atom stereocenters. The van der Waals surface area contributed by atoms with E-state index < -0.39 is 0 Å². The highest BCUT2D eigenvalue weighted by atomic mass is 79.9. The molecule has 5 heteroatoms. The minimum absolute atomic E-state index is 0.0714. The fraction of sp³-hybridized carbons (Fsp3) is 0.500. The van der Waals surface area contributed by atoms with Crippen molar-refractivity contribution in [1.82, 2.24) is 4.90 Å². The summed E-state index contributed by atoms with van der Waals surface area (Å²) in [5.74, 6) is 0.362. The number of phenolic OH excluding ortho intramolecular Hbond substituents is 1. The lowest BCUT2D eigenvalue weighted by Crippen LogP contribution is -2.36. The number of aromatic hydroxyl groups is 1. The van der Waals surface area contributed by atoms with Crippen LogP contribution < -0.4 is 0 Å². The van der Waals surface area contributed by atoms with Crippen LogP contribution in [0.4, 0.5) is 0 Å². The Balaban J connectivity index is 2.87. The van der Waals surface area contributed by atoms with Crippen LogP contribution in [0.1, 0.15) is 24.2 Å². The first-order valence-electron chi connectivity index (χ1n) is 6.22. The summed E-state index contributed by atoms with van der Waals surface area (Å²) in [7, 11) is 1.61. The van der Waals surface area contributed by atoms with E-state index in [9.17, 15) is 9.90 Å². The third-order valence-corrected chi connectivity index (χ3v) is 3.30. The van der Waals surface area contributed by atoms with Gasteiger partial charge in [0.2, 0.25) is 0 Å². The second-order valence-corrected chi connectivity index (χ2v) is 5.66. The van der Waals surface area contributed by atoms with Crippen molar-refractivity contribution in [3.05, 3.63) is 28.2 Å². The third kappa shape index (κ3) is 4.84. The van der Waals surface area contributed by atoms with E-state index >= 15 is 0 Å². The van der Waals surface area contributed by atoms with Crippen LogP contribution in [0, 0.1) is 5.92 Å². The number of nitrogens with zero attached hydrogens (tertiary/aromatic N) is 1. The Kier molecular flexibility index (Phi) is 6.31. The Bertz CT molecular complexity index is 435. The summed E-state index contributed by atoms with van der Waals surface area (Å²) in [6, 6.07) is 4.85. The van der Waals surface area contributed by atoms with Crippen molar-refractivity contribution < 1.29 is 14.6 Å². The first-order chi connectivity index (χ1) is 8.95. The molecule has 1 N–H and O–H groups in total. The lowest BCUT2D eigenvalue weighted by Gasteiger charge is -2.24. The number of carbonyl (C=O) groups excluding carboxylic acids is 1. The van der Waals surface area contributed by atoms with Gasteiger partial charge in [-0.25, -0.2) is 0 Å².